The summed E-state index contributed by atoms with van der Waals surface area (Å²) in [6.07, 6.45) is 6.48. The topological polar surface area (TPSA) is 133 Å². The van der Waals surface area contributed by atoms with Gasteiger partial charge in [0.15, 0.2) is 11.5 Å². The van der Waals surface area contributed by atoms with Crippen LogP contribution in [0.2, 0.25) is 0 Å². The van der Waals surface area contributed by atoms with Crippen LogP contribution in [0, 0.1) is 0 Å². The molecule has 11 heteroatoms. The number of carbonyl (C=O) groups is 1. The number of anilines is 1. The van der Waals surface area contributed by atoms with Crippen molar-refractivity contribution in [1.82, 2.24) is 23.8 Å². The lowest BCUT2D eigenvalue weighted by molar-refractivity contribution is -0.137. The molecule has 0 aliphatic rings. The van der Waals surface area contributed by atoms with Crippen LogP contribution in [0.25, 0.3) is 17.2 Å². The minimum absolute atomic E-state index is 0.222. The van der Waals surface area contributed by atoms with Crippen LogP contribution < -0.4 is 5.73 Å². The lowest BCUT2D eigenvalue weighted by Gasteiger charge is -2.18. The average molecular weight is 459 g/mol. The molecule has 0 spiro atoms. The van der Waals surface area contributed by atoms with Gasteiger partial charge in [0, 0.05) is 25.7 Å². The summed E-state index contributed by atoms with van der Waals surface area (Å²) in [5.74, 6) is -0.157. The molecule has 0 unspecified atom stereocenters. The van der Waals surface area contributed by atoms with E-state index in [2.05, 4.69) is 15.0 Å². The number of carbonyl (C=O) groups excluding carboxylic acids is 1. The van der Waals surface area contributed by atoms with Crippen LogP contribution in [0.3, 0.4) is 0 Å². The molecule has 0 bridgehead atoms. The van der Waals surface area contributed by atoms with Crippen LogP contribution in [0.4, 0.5) is 5.82 Å². The third-order valence-electron chi connectivity index (χ3n) is 4.85. The molecule has 10 nitrogen and oxygen atoms in total. The van der Waals surface area contributed by atoms with Crippen LogP contribution in [0.15, 0.2) is 47.9 Å². The van der Waals surface area contributed by atoms with E-state index in [0.717, 1.165) is 0 Å². The summed E-state index contributed by atoms with van der Waals surface area (Å²) in [7, 11) is -3.50. The third kappa shape index (κ3) is 5.29. The molecule has 2 heterocycles. The first-order valence-electron chi connectivity index (χ1n) is 10.2. The Morgan fingerprint density at radius 1 is 1.16 bits per heavy atom. The molecule has 0 aliphatic carbocycles. The van der Waals surface area contributed by atoms with Crippen molar-refractivity contribution < 1.29 is 17.9 Å². The van der Waals surface area contributed by atoms with Gasteiger partial charge in [0.25, 0.3) is 0 Å². The number of hydrogen-bond acceptors (Lipinski definition) is 8. The zero-order valence-electron chi connectivity index (χ0n) is 18.0. The number of aryl methyl sites for hydroxylation is 1. The number of esters is 1. The van der Waals surface area contributed by atoms with Gasteiger partial charge in [-0.3, -0.25) is 0 Å². The number of benzene rings is 1. The SMILES string of the molecule is CCN(CC)S(=O)(=O)c1ccc(/C=C/C(=O)OCCCn2cnc3c(N)ncnc32)cc1. The molecule has 0 saturated carbocycles. The van der Waals surface area contributed by atoms with E-state index in [-0.39, 0.29) is 11.5 Å². The molecule has 0 fully saturated rings. The quantitative estimate of drug-likeness (QED) is 0.277. The number of hydrogen-bond donors (Lipinski definition) is 1. The van der Waals surface area contributed by atoms with E-state index in [9.17, 15) is 13.2 Å². The predicted molar refractivity (Wildman–Crippen MR) is 121 cm³/mol. The fourth-order valence-corrected chi connectivity index (χ4v) is 4.60. The summed E-state index contributed by atoms with van der Waals surface area (Å²) in [4.78, 5) is 24.4. The Balaban J connectivity index is 1.49. The lowest BCUT2D eigenvalue weighted by Crippen LogP contribution is -2.30. The van der Waals surface area contributed by atoms with E-state index in [1.54, 1.807) is 38.4 Å². The molecule has 0 saturated heterocycles. The van der Waals surface area contributed by atoms with Crippen molar-refractivity contribution >= 4 is 39.1 Å². The van der Waals surface area contributed by atoms with Crippen molar-refractivity contribution in [3.8, 4) is 0 Å². The summed E-state index contributed by atoms with van der Waals surface area (Å²) >= 11 is 0. The zero-order valence-corrected chi connectivity index (χ0v) is 18.8. The monoisotopic (exact) mass is 458 g/mol. The summed E-state index contributed by atoms with van der Waals surface area (Å²) in [5, 5.41) is 0. The molecule has 32 heavy (non-hydrogen) atoms. The predicted octanol–water partition coefficient (Wildman–Crippen LogP) is 2.09. The highest BCUT2D eigenvalue weighted by Crippen LogP contribution is 2.17. The van der Waals surface area contributed by atoms with Crippen molar-refractivity contribution in [2.24, 2.45) is 0 Å². The summed E-state index contributed by atoms with van der Waals surface area (Å²) in [5.41, 5.74) is 7.64. The first kappa shape index (κ1) is 23.4. The number of imidazole rings is 1. The van der Waals surface area contributed by atoms with Gasteiger partial charge in [0.05, 0.1) is 17.8 Å². The molecule has 0 amide bonds. The fraction of sp³-hybridized carbons (Fsp3) is 0.333. The summed E-state index contributed by atoms with van der Waals surface area (Å²) in [6.45, 7) is 5.20. The second-order valence-electron chi connectivity index (χ2n) is 6.88. The van der Waals surface area contributed by atoms with Gasteiger partial charge in [-0.2, -0.15) is 4.31 Å². The maximum atomic E-state index is 12.5. The molecule has 0 radical (unpaired) electrons. The van der Waals surface area contributed by atoms with E-state index in [1.807, 2.05) is 4.57 Å². The first-order chi connectivity index (χ1) is 15.4. The highest BCUT2D eigenvalue weighted by molar-refractivity contribution is 7.89. The zero-order chi connectivity index (χ0) is 23.1. The second kappa shape index (κ2) is 10.3. The largest absolute Gasteiger partial charge is 0.462 e. The molecule has 170 valence electrons. The van der Waals surface area contributed by atoms with E-state index < -0.39 is 16.0 Å². The highest BCUT2D eigenvalue weighted by Gasteiger charge is 2.20. The van der Waals surface area contributed by atoms with Gasteiger partial charge in [-0.25, -0.2) is 28.2 Å². The van der Waals surface area contributed by atoms with E-state index in [4.69, 9.17) is 10.5 Å². The lowest BCUT2D eigenvalue weighted by atomic mass is 10.2. The van der Waals surface area contributed by atoms with Gasteiger partial charge in [-0.15, -0.1) is 0 Å². The molecule has 1 aromatic carbocycles. The van der Waals surface area contributed by atoms with Gasteiger partial charge >= 0.3 is 5.97 Å². The molecule has 3 aromatic rings. The average Bonchev–Trinajstić information content (AvgIpc) is 3.20. The Bertz CT molecular complexity index is 1200. The van der Waals surface area contributed by atoms with Crippen molar-refractivity contribution in [1.29, 1.82) is 0 Å². The summed E-state index contributed by atoms with van der Waals surface area (Å²) < 4.78 is 33.4. The second-order valence-corrected chi connectivity index (χ2v) is 8.82. The van der Waals surface area contributed by atoms with Crippen LogP contribution in [-0.2, 0) is 26.1 Å². The van der Waals surface area contributed by atoms with Crippen molar-refractivity contribution in [2.75, 3.05) is 25.4 Å². The first-order valence-corrected chi connectivity index (χ1v) is 11.7. The van der Waals surface area contributed by atoms with Crippen molar-refractivity contribution in [3.05, 3.63) is 48.6 Å². The van der Waals surface area contributed by atoms with E-state index in [1.165, 1.54) is 28.8 Å². The fourth-order valence-electron chi connectivity index (χ4n) is 3.15. The number of ether oxygens (including phenoxy) is 1. The number of fused-ring (bicyclic) bond motifs is 1. The summed E-state index contributed by atoms with van der Waals surface area (Å²) in [6, 6.07) is 6.37. The van der Waals surface area contributed by atoms with Gasteiger partial charge in [0.2, 0.25) is 10.0 Å². The van der Waals surface area contributed by atoms with Gasteiger partial charge < -0.3 is 15.0 Å². The molecular weight excluding hydrogens is 432 g/mol. The normalized spacial score (nSPS) is 12.1. The molecule has 2 N–H and O–H groups in total. The van der Waals surface area contributed by atoms with Crippen molar-refractivity contribution in [3.63, 3.8) is 0 Å². The number of sulfonamides is 1. The van der Waals surface area contributed by atoms with Crippen LogP contribution in [-0.4, -0.2) is 57.9 Å². The molecule has 0 aliphatic heterocycles. The van der Waals surface area contributed by atoms with Crippen LogP contribution in [0.5, 0.6) is 0 Å². The number of aromatic nitrogens is 4. The van der Waals surface area contributed by atoms with Crippen molar-refractivity contribution in [2.45, 2.75) is 31.7 Å². The number of rotatable bonds is 10. The van der Waals surface area contributed by atoms with Gasteiger partial charge in [-0.1, -0.05) is 26.0 Å². The Labute approximate surface area is 186 Å². The Kier molecular flexibility index (Phi) is 7.54. The Hall–Kier alpha value is -3.31. The standard InChI is InChI=1S/C21H26N6O4S/c1-3-27(4-2)32(29,30)17-9-6-16(7-10-17)8-11-18(28)31-13-5-12-26-15-25-19-20(22)23-14-24-21(19)26/h6-11,14-15H,3-5,12-13H2,1-2H3,(H2,22,23,24)/b11-8+. The van der Waals surface area contributed by atoms with Crippen LogP contribution in [0.1, 0.15) is 25.8 Å². The minimum Gasteiger partial charge on any atom is -0.462 e. The highest BCUT2D eigenvalue weighted by atomic mass is 32.2. The van der Waals surface area contributed by atoms with E-state index in [0.29, 0.717) is 48.6 Å². The number of nitrogens with two attached hydrogens (primary N) is 1. The Morgan fingerprint density at radius 3 is 2.56 bits per heavy atom. The third-order valence-corrected chi connectivity index (χ3v) is 6.92. The number of nitrogens with zero attached hydrogens (tertiary/aromatic N) is 5. The maximum Gasteiger partial charge on any atom is 0.330 e. The Morgan fingerprint density at radius 2 is 1.88 bits per heavy atom. The molecular formula is C21H26N6O4S. The minimum atomic E-state index is -3.50. The number of nitrogen functional groups attached to an aromatic ring is 1. The maximum absolute atomic E-state index is 12.5. The smallest absolute Gasteiger partial charge is 0.330 e. The van der Waals surface area contributed by atoms with Gasteiger partial charge in [0.1, 0.15) is 11.8 Å². The molecule has 0 atom stereocenters. The molecule has 3 rings (SSSR count). The van der Waals surface area contributed by atoms with Crippen LogP contribution >= 0.6 is 0 Å². The van der Waals surface area contributed by atoms with Gasteiger partial charge in [-0.05, 0) is 30.2 Å². The van der Waals surface area contributed by atoms with E-state index >= 15 is 0 Å². The molecule has 2 aromatic heterocycles.